The Morgan fingerprint density at radius 3 is 2.36 bits per heavy atom. The number of hydrogen-bond donors (Lipinski definition) is 3. The molecule has 1 heterocycles. The van der Waals surface area contributed by atoms with Gasteiger partial charge in [-0.2, -0.15) is 18.3 Å². The first-order valence-electron chi connectivity index (χ1n) is 12.4. The molecule has 0 saturated carbocycles. The third-order valence-corrected chi connectivity index (χ3v) is 9.66. The van der Waals surface area contributed by atoms with Gasteiger partial charge in [-0.05, 0) is 79.1 Å². The first-order valence-corrected chi connectivity index (χ1v) is 14.1. The number of allylic oxidation sites excluding steroid dienone is 4. The maximum absolute atomic E-state index is 13.4. The van der Waals surface area contributed by atoms with E-state index in [2.05, 4.69) is 48.4 Å². The summed E-state index contributed by atoms with van der Waals surface area (Å²) >= 11 is 3.11. The van der Waals surface area contributed by atoms with Crippen molar-refractivity contribution in [2.75, 3.05) is 6.54 Å². The van der Waals surface area contributed by atoms with Crippen LogP contribution in [0.4, 0.5) is 13.2 Å². The van der Waals surface area contributed by atoms with Gasteiger partial charge in [0.1, 0.15) is 0 Å². The molecule has 2 aromatic rings. The van der Waals surface area contributed by atoms with E-state index >= 15 is 0 Å². The zero-order chi connectivity index (χ0) is 29.2. The number of carbonyl (C=O) groups is 1. The third kappa shape index (κ3) is 7.00. The molecular formula is C28H34F3N5OS2. The topological polar surface area (TPSA) is 104 Å². The van der Waals surface area contributed by atoms with E-state index in [1.54, 1.807) is 30.0 Å². The van der Waals surface area contributed by atoms with Crippen molar-refractivity contribution in [2.24, 2.45) is 26.9 Å². The summed E-state index contributed by atoms with van der Waals surface area (Å²) in [6.45, 7) is 11.6. The average molecular weight is 578 g/mol. The summed E-state index contributed by atoms with van der Waals surface area (Å²) in [4.78, 5) is 15.2. The summed E-state index contributed by atoms with van der Waals surface area (Å²) in [6.07, 6.45) is 0.174. The van der Waals surface area contributed by atoms with Crippen LogP contribution < -0.4 is 11.2 Å². The predicted molar refractivity (Wildman–Crippen MR) is 153 cm³/mol. The minimum atomic E-state index is -4.29. The number of halogens is 3. The second kappa shape index (κ2) is 11.7. The summed E-state index contributed by atoms with van der Waals surface area (Å²) in [5.74, 6) is 4.88. The molecule has 0 bridgehead atoms. The molecule has 39 heavy (non-hydrogen) atoms. The van der Waals surface area contributed by atoms with E-state index in [1.165, 1.54) is 24.3 Å². The SMILES string of the molecule is Cc1cc(SC(c2ccc(C(=O)NC/C(N=N)=N/N)s2)C(C)(C)C)cc(C)c1C1=CCC(C)(C(F)(F)F)C=C1. The number of hydrogen-bond acceptors (Lipinski definition) is 6. The molecule has 0 saturated heterocycles. The monoisotopic (exact) mass is 577 g/mol. The Balaban J connectivity index is 1.83. The molecule has 0 fully saturated rings. The number of nitrogens with zero attached hydrogens (tertiary/aromatic N) is 2. The van der Waals surface area contributed by atoms with E-state index in [0.717, 1.165) is 32.0 Å². The third-order valence-electron chi connectivity index (χ3n) is 6.65. The van der Waals surface area contributed by atoms with Crippen LogP contribution in [-0.4, -0.2) is 24.5 Å². The zero-order valence-electron chi connectivity index (χ0n) is 22.9. The molecule has 6 nitrogen and oxygen atoms in total. The van der Waals surface area contributed by atoms with Crippen LogP contribution in [0, 0.1) is 30.2 Å². The second-order valence-electron chi connectivity index (χ2n) is 10.9. The molecule has 1 aliphatic carbocycles. The lowest BCUT2D eigenvalue weighted by Crippen LogP contribution is -2.33. The van der Waals surface area contributed by atoms with E-state index < -0.39 is 11.6 Å². The highest BCUT2D eigenvalue weighted by Crippen LogP contribution is 2.50. The highest BCUT2D eigenvalue weighted by molar-refractivity contribution is 7.99. The van der Waals surface area contributed by atoms with Crippen LogP contribution in [-0.2, 0) is 0 Å². The van der Waals surface area contributed by atoms with Gasteiger partial charge in [0.2, 0.25) is 0 Å². The number of hydrazone groups is 1. The number of thiophene rings is 1. The van der Waals surface area contributed by atoms with Crippen molar-refractivity contribution in [3.63, 3.8) is 0 Å². The minimum absolute atomic E-state index is 0.0197. The van der Waals surface area contributed by atoms with E-state index in [0.29, 0.717) is 4.88 Å². The molecule has 1 amide bonds. The van der Waals surface area contributed by atoms with Crippen molar-refractivity contribution in [3.05, 3.63) is 68.9 Å². The molecule has 210 valence electrons. The number of nitrogens with one attached hydrogen (secondary N) is 2. The number of aryl methyl sites for hydroxylation is 2. The van der Waals surface area contributed by atoms with Gasteiger partial charge in [-0.25, -0.2) is 5.53 Å². The molecule has 0 spiro atoms. The minimum Gasteiger partial charge on any atom is -0.344 e. The molecular weight excluding hydrogens is 543 g/mol. The van der Waals surface area contributed by atoms with Crippen LogP contribution in [0.5, 0.6) is 0 Å². The highest BCUT2D eigenvalue weighted by atomic mass is 32.2. The van der Waals surface area contributed by atoms with Crippen molar-refractivity contribution < 1.29 is 18.0 Å². The largest absolute Gasteiger partial charge is 0.397 e. The fraction of sp³-hybridized carbons (Fsp3) is 0.429. The van der Waals surface area contributed by atoms with E-state index in [9.17, 15) is 18.0 Å². The Kier molecular flexibility index (Phi) is 9.16. The maximum Gasteiger partial charge on any atom is 0.397 e. The first kappa shape index (κ1) is 30.6. The Hall–Kier alpha value is -2.92. The molecule has 2 atom stereocenters. The lowest BCUT2D eigenvalue weighted by Gasteiger charge is -2.31. The number of amidine groups is 1. The highest BCUT2D eigenvalue weighted by Gasteiger charge is 2.49. The van der Waals surface area contributed by atoms with Gasteiger partial charge in [-0.15, -0.1) is 28.2 Å². The van der Waals surface area contributed by atoms with E-state index in [4.69, 9.17) is 11.4 Å². The number of thioether (sulfide) groups is 1. The van der Waals surface area contributed by atoms with Crippen molar-refractivity contribution in [3.8, 4) is 0 Å². The first-order chi connectivity index (χ1) is 18.1. The molecule has 11 heteroatoms. The van der Waals surface area contributed by atoms with Crippen LogP contribution in [0.25, 0.3) is 5.57 Å². The summed E-state index contributed by atoms with van der Waals surface area (Å²) in [6, 6.07) is 7.90. The van der Waals surface area contributed by atoms with Gasteiger partial charge in [-0.3, -0.25) is 4.79 Å². The summed E-state index contributed by atoms with van der Waals surface area (Å²) in [7, 11) is 0. The average Bonchev–Trinajstić information content (AvgIpc) is 3.32. The molecule has 3 rings (SSSR count). The smallest absolute Gasteiger partial charge is 0.344 e. The zero-order valence-corrected chi connectivity index (χ0v) is 24.5. The van der Waals surface area contributed by atoms with Crippen molar-refractivity contribution in [1.82, 2.24) is 5.32 Å². The van der Waals surface area contributed by atoms with Gasteiger partial charge < -0.3 is 11.2 Å². The molecule has 4 N–H and O–H groups in total. The normalized spacial score (nSPS) is 19.0. The van der Waals surface area contributed by atoms with Crippen LogP contribution in [0.15, 0.2) is 57.6 Å². The molecule has 1 aromatic heterocycles. The maximum atomic E-state index is 13.4. The molecule has 1 aliphatic rings. The Morgan fingerprint density at radius 1 is 1.23 bits per heavy atom. The summed E-state index contributed by atoms with van der Waals surface area (Å²) < 4.78 is 40.3. The lowest BCUT2D eigenvalue weighted by atomic mass is 9.79. The van der Waals surface area contributed by atoms with Crippen molar-refractivity contribution >= 4 is 40.4 Å². The van der Waals surface area contributed by atoms with E-state index in [-0.39, 0.29) is 35.4 Å². The van der Waals surface area contributed by atoms with Gasteiger partial charge in [0.25, 0.3) is 5.91 Å². The number of benzene rings is 1. The second-order valence-corrected chi connectivity index (χ2v) is 13.2. The van der Waals surface area contributed by atoms with Gasteiger partial charge in [0.15, 0.2) is 5.84 Å². The van der Waals surface area contributed by atoms with Crippen LogP contribution in [0.1, 0.15) is 70.6 Å². The van der Waals surface area contributed by atoms with Gasteiger partial charge in [0.05, 0.1) is 16.8 Å². The van der Waals surface area contributed by atoms with Crippen LogP contribution in [0.2, 0.25) is 0 Å². The van der Waals surface area contributed by atoms with Gasteiger partial charge in [-0.1, -0.05) is 39.0 Å². The number of rotatable bonds is 7. The van der Waals surface area contributed by atoms with Gasteiger partial charge in [0, 0.05) is 15.0 Å². The Bertz CT molecular complexity index is 1310. The molecule has 2 unspecified atom stereocenters. The van der Waals surface area contributed by atoms with Crippen molar-refractivity contribution in [1.29, 1.82) is 5.53 Å². The predicted octanol–water partition coefficient (Wildman–Crippen LogP) is 8.19. The molecule has 1 aromatic carbocycles. The van der Waals surface area contributed by atoms with Crippen LogP contribution in [0.3, 0.4) is 0 Å². The molecule has 0 aliphatic heterocycles. The number of amides is 1. The standard InChI is InChI=1S/C28H34F3N5OS2/c1-16-13-19(14-17(2)23(16)18-9-11-27(6,12-10-18)28(29,30)31)38-24(26(3,4)5)20-7-8-21(39-20)25(37)34-15-22(35-32)36-33/h7-11,13-14,24,32H,12,15,33H2,1-6H3,(H,34,37)/b35-32?,36-22-. The fourth-order valence-electron chi connectivity index (χ4n) is 4.35. The number of alkyl halides is 3. The Labute approximate surface area is 235 Å². The summed E-state index contributed by atoms with van der Waals surface area (Å²) in [5.41, 5.74) is 8.79. The number of carbonyl (C=O) groups excluding carboxylic acids is 1. The number of nitrogens with two attached hydrogens (primary N) is 1. The van der Waals surface area contributed by atoms with Crippen LogP contribution >= 0.6 is 23.1 Å². The van der Waals surface area contributed by atoms with E-state index in [1.807, 2.05) is 19.9 Å². The summed E-state index contributed by atoms with van der Waals surface area (Å²) in [5, 5.41) is 9.22. The van der Waals surface area contributed by atoms with Gasteiger partial charge >= 0.3 is 6.18 Å². The fourth-order valence-corrected chi connectivity index (χ4v) is 7.10. The lowest BCUT2D eigenvalue weighted by molar-refractivity contribution is -0.199. The molecule has 0 radical (unpaired) electrons. The van der Waals surface area contributed by atoms with Crippen molar-refractivity contribution in [2.45, 2.75) is 64.3 Å². The Morgan fingerprint density at radius 2 is 1.87 bits per heavy atom. The quantitative estimate of drug-likeness (QED) is 0.0772.